The molecule has 0 atom stereocenters. The minimum atomic E-state index is -4.50. The summed E-state index contributed by atoms with van der Waals surface area (Å²) < 4.78 is 38.2. The van der Waals surface area contributed by atoms with Crippen LogP contribution in [-0.2, 0) is 6.18 Å². The fraction of sp³-hybridized carbons (Fsp3) is 0.538. The number of aromatic nitrogens is 1. The molecule has 0 saturated carbocycles. The van der Waals surface area contributed by atoms with Crippen LogP contribution in [0.25, 0.3) is 0 Å². The Kier molecular flexibility index (Phi) is 4.62. The Hall–Kier alpha value is -1.79. The third-order valence-electron chi connectivity index (χ3n) is 3.01. The van der Waals surface area contributed by atoms with Crippen molar-refractivity contribution in [2.24, 2.45) is 0 Å². The summed E-state index contributed by atoms with van der Waals surface area (Å²) in [4.78, 5) is 15.3. The standard InChI is InChI=1S/C13H18F3N3O/c1-5-12(2,3)19-9-6-8(13(14,15)16)7-18-10(9)11(20)17-4/h6-7,19H,5H2,1-4H3,(H,17,20). The molecule has 1 aromatic heterocycles. The number of anilines is 1. The van der Waals surface area contributed by atoms with Gasteiger partial charge in [-0.2, -0.15) is 13.2 Å². The normalized spacial score (nSPS) is 12.2. The van der Waals surface area contributed by atoms with Crippen molar-refractivity contribution >= 4 is 11.6 Å². The van der Waals surface area contributed by atoms with E-state index in [1.807, 2.05) is 20.8 Å². The Balaban J connectivity index is 3.30. The molecule has 112 valence electrons. The van der Waals surface area contributed by atoms with E-state index in [1.165, 1.54) is 7.05 Å². The van der Waals surface area contributed by atoms with Crippen molar-refractivity contribution < 1.29 is 18.0 Å². The minimum Gasteiger partial charge on any atom is -0.378 e. The van der Waals surface area contributed by atoms with Gasteiger partial charge in [0.25, 0.3) is 5.91 Å². The molecule has 20 heavy (non-hydrogen) atoms. The Morgan fingerprint density at radius 2 is 1.95 bits per heavy atom. The number of alkyl halides is 3. The third-order valence-corrected chi connectivity index (χ3v) is 3.01. The molecule has 0 fully saturated rings. The lowest BCUT2D eigenvalue weighted by Crippen LogP contribution is -2.32. The van der Waals surface area contributed by atoms with E-state index in [1.54, 1.807) is 0 Å². The number of carbonyl (C=O) groups excluding carboxylic acids is 1. The molecule has 0 radical (unpaired) electrons. The number of nitrogens with zero attached hydrogens (tertiary/aromatic N) is 1. The van der Waals surface area contributed by atoms with Gasteiger partial charge in [0.15, 0.2) is 5.69 Å². The van der Waals surface area contributed by atoms with Gasteiger partial charge >= 0.3 is 6.18 Å². The Labute approximate surface area is 115 Å². The van der Waals surface area contributed by atoms with Crippen LogP contribution in [0.2, 0.25) is 0 Å². The van der Waals surface area contributed by atoms with Crippen LogP contribution in [0.5, 0.6) is 0 Å². The topological polar surface area (TPSA) is 54.0 Å². The smallest absolute Gasteiger partial charge is 0.378 e. The summed E-state index contributed by atoms with van der Waals surface area (Å²) in [5.74, 6) is -0.534. The van der Waals surface area contributed by atoms with Crippen molar-refractivity contribution in [2.45, 2.75) is 38.9 Å². The summed E-state index contributed by atoms with van der Waals surface area (Å²) in [6.07, 6.45) is -3.16. The molecular formula is C13H18F3N3O. The maximum atomic E-state index is 12.7. The molecule has 0 spiro atoms. The van der Waals surface area contributed by atoms with E-state index in [0.717, 1.165) is 6.07 Å². The second-order valence-electron chi connectivity index (χ2n) is 5.06. The number of halogens is 3. The van der Waals surface area contributed by atoms with Gasteiger partial charge in [-0.15, -0.1) is 0 Å². The van der Waals surface area contributed by atoms with Crippen molar-refractivity contribution in [2.75, 3.05) is 12.4 Å². The van der Waals surface area contributed by atoms with Crippen LogP contribution in [0.4, 0.5) is 18.9 Å². The van der Waals surface area contributed by atoms with Gasteiger partial charge in [0.2, 0.25) is 0 Å². The van der Waals surface area contributed by atoms with Gasteiger partial charge in [-0.25, -0.2) is 4.98 Å². The Morgan fingerprint density at radius 3 is 2.40 bits per heavy atom. The lowest BCUT2D eigenvalue weighted by Gasteiger charge is -2.27. The number of amides is 1. The predicted molar refractivity (Wildman–Crippen MR) is 70.6 cm³/mol. The molecule has 1 aromatic rings. The maximum Gasteiger partial charge on any atom is 0.417 e. The highest BCUT2D eigenvalue weighted by molar-refractivity contribution is 5.97. The summed E-state index contributed by atoms with van der Waals surface area (Å²) >= 11 is 0. The lowest BCUT2D eigenvalue weighted by atomic mass is 10.0. The summed E-state index contributed by atoms with van der Waals surface area (Å²) in [5.41, 5.74) is -1.32. The summed E-state index contributed by atoms with van der Waals surface area (Å²) in [7, 11) is 1.40. The molecule has 1 heterocycles. The SMILES string of the molecule is CCC(C)(C)Nc1cc(C(F)(F)F)cnc1C(=O)NC. The van der Waals surface area contributed by atoms with Crippen LogP contribution in [0, 0.1) is 0 Å². The number of carbonyl (C=O) groups is 1. The first-order valence-corrected chi connectivity index (χ1v) is 6.18. The number of rotatable bonds is 4. The largest absolute Gasteiger partial charge is 0.417 e. The Morgan fingerprint density at radius 1 is 1.35 bits per heavy atom. The molecule has 2 N–H and O–H groups in total. The summed E-state index contributed by atoms with van der Waals surface area (Å²) in [6.45, 7) is 5.56. The second-order valence-corrected chi connectivity index (χ2v) is 5.06. The first kappa shape index (κ1) is 16.3. The van der Waals surface area contributed by atoms with Crippen LogP contribution in [-0.4, -0.2) is 23.5 Å². The van der Waals surface area contributed by atoms with E-state index in [9.17, 15) is 18.0 Å². The average molecular weight is 289 g/mol. The molecule has 7 heteroatoms. The zero-order chi connectivity index (χ0) is 15.6. The van der Waals surface area contributed by atoms with E-state index in [2.05, 4.69) is 15.6 Å². The molecule has 1 rings (SSSR count). The van der Waals surface area contributed by atoms with E-state index >= 15 is 0 Å². The van der Waals surface area contributed by atoms with Crippen LogP contribution in [0.15, 0.2) is 12.3 Å². The highest BCUT2D eigenvalue weighted by atomic mass is 19.4. The van der Waals surface area contributed by atoms with Gasteiger partial charge in [-0.3, -0.25) is 4.79 Å². The minimum absolute atomic E-state index is 0.0537. The van der Waals surface area contributed by atoms with Crippen molar-refractivity contribution in [3.05, 3.63) is 23.5 Å². The van der Waals surface area contributed by atoms with E-state index < -0.39 is 23.2 Å². The number of nitrogens with one attached hydrogen (secondary N) is 2. The molecule has 0 aromatic carbocycles. The zero-order valence-corrected chi connectivity index (χ0v) is 11.9. The molecule has 0 saturated heterocycles. The molecule has 0 bridgehead atoms. The second kappa shape index (κ2) is 5.68. The molecule has 0 unspecified atom stereocenters. The van der Waals surface area contributed by atoms with Gasteiger partial charge in [0.05, 0.1) is 11.3 Å². The molecule has 0 aliphatic carbocycles. The van der Waals surface area contributed by atoms with Gasteiger partial charge in [-0.1, -0.05) is 6.92 Å². The molecule has 4 nitrogen and oxygen atoms in total. The highest BCUT2D eigenvalue weighted by Crippen LogP contribution is 2.32. The highest BCUT2D eigenvalue weighted by Gasteiger charge is 2.33. The monoisotopic (exact) mass is 289 g/mol. The fourth-order valence-electron chi connectivity index (χ4n) is 1.47. The summed E-state index contributed by atoms with van der Waals surface area (Å²) in [5, 5.41) is 5.30. The number of hydrogen-bond acceptors (Lipinski definition) is 3. The van der Waals surface area contributed by atoms with E-state index in [4.69, 9.17) is 0 Å². The van der Waals surface area contributed by atoms with Crippen LogP contribution in [0.3, 0.4) is 0 Å². The maximum absolute atomic E-state index is 12.7. The van der Waals surface area contributed by atoms with Gasteiger partial charge in [0.1, 0.15) is 0 Å². The van der Waals surface area contributed by atoms with Crippen LogP contribution >= 0.6 is 0 Å². The molecular weight excluding hydrogens is 271 g/mol. The first-order chi connectivity index (χ1) is 9.10. The van der Waals surface area contributed by atoms with Crippen LogP contribution < -0.4 is 10.6 Å². The van der Waals surface area contributed by atoms with Gasteiger partial charge in [-0.05, 0) is 26.3 Å². The number of pyridine rings is 1. The average Bonchev–Trinajstić information content (AvgIpc) is 2.36. The number of hydrogen-bond donors (Lipinski definition) is 2. The van der Waals surface area contributed by atoms with Gasteiger partial charge in [0, 0.05) is 18.8 Å². The van der Waals surface area contributed by atoms with Crippen molar-refractivity contribution in [1.82, 2.24) is 10.3 Å². The third kappa shape index (κ3) is 3.85. The Bertz CT molecular complexity index is 498. The van der Waals surface area contributed by atoms with E-state index in [-0.39, 0.29) is 11.4 Å². The first-order valence-electron chi connectivity index (χ1n) is 6.18. The summed E-state index contributed by atoms with van der Waals surface area (Å²) in [6, 6.07) is 0.912. The predicted octanol–water partition coefficient (Wildman–Crippen LogP) is 3.06. The van der Waals surface area contributed by atoms with E-state index in [0.29, 0.717) is 12.6 Å². The quantitative estimate of drug-likeness (QED) is 0.895. The molecule has 0 aliphatic heterocycles. The fourth-order valence-corrected chi connectivity index (χ4v) is 1.47. The molecule has 1 amide bonds. The molecule has 0 aliphatic rings. The van der Waals surface area contributed by atoms with Crippen LogP contribution in [0.1, 0.15) is 43.2 Å². The lowest BCUT2D eigenvalue weighted by molar-refractivity contribution is -0.137. The van der Waals surface area contributed by atoms with Gasteiger partial charge < -0.3 is 10.6 Å². The van der Waals surface area contributed by atoms with Crippen molar-refractivity contribution in [3.63, 3.8) is 0 Å². The van der Waals surface area contributed by atoms with Crippen molar-refractivity contribution in [1.29, 1.82) is 0 Å². The van der Waals surface area contributed by atoms with Crippen molar-refractivity contribution in [3.8, 4) is 0 Å². The zero-order valence-electron chi connectivity index (χ0n) is 11.9.